The number of Topliss-reactive ketones (excluding diaryl/α,β-unsaturated/α-hetero) is 1. The molecule has 148 valence electrons. The largest absolute Gasteiger partial charge is 0.477 e. The van der Waals surface area contributed by atoms with E-state index in [1.165, 1.54) is 11.8 Å². The molecule has 0 saturated carbocycles. The van der Waals surface area contributed by atoms with Gasteiger partial charge in [0.25, 0.3) is 0 Å². The van der Waals surface area contributed by atoms with E-state index in [1.54, 1.807) is 42.9 Å². The molecule has 3 aromatic rings. The highest BCUT2D eigenvalue weighted by atomic mass is 32.2. The number of aromatic nitrogens is 1. The van der Waals surface area contributed by atoms with Crippen LogP contribution < -0.4 is 0 Å². The van der Waals surface area contributed by atoms with E-state index in [2.05, 4.69) is 4.98 Å². The van der Waals surface area contributed by atoms with Gasteiger partial charge in [0.05, 0.1) is 10.6 Å². The summed E-state index contributed by atoms with van der Waals surface area (Å²) in [5, 5.41) is 9.09. The summed E-state index contributed by atoms with van der Waals surface area (Å²) in [6.07, 6.45) is 5.70. The van der Waals surface area contributed by atoms with Crippen molar-refractivity contribution in [3.8, 4) is 11.5 Å². The first kappa shape index (κ1) is 20.6. The summed E-state index contributed by atoms with van der Waals surface area (Å²) in [4.78, 5) is 28.3. The van der Waals surface area contributed by atoms with E-state index in [0.717, 1.165) is 22.4 Å². The Bertz CT molecular complexity index is 1050. The maximum absolute atomic E-state index is 12.5. The number of aliphatic carboxylic acids is 1. The number of hydrogen-bond acceptors (Lipinski definition) is 5. The van der Waals surface area contributed by atoms with Crippen molar-refractivity contribution in [2.75, 3.05) is 6.26 Å². The molecule has 0 saturated heterocycles. The molecule has 1 heterocycles. The standard InChI is InChI=1S/C23H21NO4S/c1-15-4-3-5-18(12-15)22-24-19(14-28-22)10-11-20(25)17-8-6-16(7-9-17)13-21(29-2)23(26)27/h3-9,12-14H,10-11H2,1-2H3,(H,26,27). The van der Waals surface area contributed by atoms with Gasteiger partial charge in [0.1, 0.15) is 6.26 Å². The van der Waals surface area contributed by atoms with Crippen LogP contribution in [0.25, 0.3) is 17.5 Å². The summed E-state index contributed by atoms with van der Waals surface area (Å²) < 4.78 is 5.55. The van der Waals surface area contributed by atoms with Crippen LogP contribution in [0, 0.1) is 6.92 Å². The van der Waals surface area contributed by atoms with Crippen molar-refractivity contribution < 1.29 is 19.1 Å². The molecule has 1 aromatic heterocycles. The molecule has 5 nitrogen and oxygen atoms in total. The monoisotopic (exact) mass is 407 g/mol. The molecule has 3 rings (SSSR count). The second-order valence-electron chi connectivity index (χ2n) is 6.58. The van der Waals surface area contributed by atoms with Crippen LogP contribution in [0.3, 0.4) is 0 Å². The van der Waals surface area contributed by atoms with Crippen molar-refractivity contribution in [2.45, 2.75) is 19.8 Å². The number of nitrogens with zero attached hydrogens (tertiary/aromatic N) is 1. The lowest BCUT2D eigenvalue weighted by molar-refractivity contribution is -0.131. The number of ketones is 1. The van der Waals surface area contributed by atoms with Crippen LogP contribution in [-0.4, -0.2) is 28.1 Å². The van der Waals surface area contributed by atoms with Crippen LogP contribution in [0.4, 0.5) is 0 Å². The molecule has 0 fully saturated rings. The van der Waals surface area contributed by atoms with Gasteiger partial charge < -0.3 is 9.52 Å². The van der Waals surface area contributed by atoms with Gasteiger partial charge in [-0.25, -0.2) is 9.78 Å². The smallest absolute Gasteiger partial charge is 0.342 e. The average molecular weight is 407 g/mol. The molecular formula is C23H21NO4S. The number of carboxylic acids is 1. The minimum atomic E-state index is -0.963. The molecule has 0 atom stereocenters. The van der Waals surface area contributed by atoms with Gasteiger partial charge in [-0.3, -0.25) is 4.79 Å². The summed E-state index contributed by atoms with van der Waals surface area (Å²) in [7, 11) is 0. The molecule has 0 unspecified atom stereocenters. The van der Waals surface area contributed by atoms with Gasteiger partial charge in [-0.05, 0) is 37.0 Å². The Morgan fingerprint density at radius 1 is 1.17 bits per heavy atom. The predicted molar refractivity (Wildman–Crippen MR) is 115 cm³/mol. The SMILES string of the molecule is CSC(=Cc1ccc(C(=O)CCc2coc(-c3cccc(C)c3)n2)cc1)C(=O)O. The Balaban J connectivity index is 1.62. The third-order valence-corrected chi connectivity index (χ3v) is 5.12. The highest BCUT2D eigenvalue weighted by Crippen LogP contribution is 2.21. The van der Waals surface area contributed by atoms with Crippen LogP contribution in [0.1, 0.15) is 33.6 Å². The third kappa shape index (κ3) is 5.45. The maximum atomic E-state index is 12.5. The Labute approximate surface area is 173 Å². The van der Waals surface area contributed by atoms with Crippen molar-refractivity contribution in [1.29, 1.82) is 0 Å². The summed E-state index contributed by atoms with van der Waals surface area (Å²) in [6.45, 7) is 2.01. The van der Waals surface area contributed by atoms with Gasteiger partial charge >= 0.3 is 5.97 Å². The molecule has 0 amide bonds. The van der Waals surface area contributed by atoms with Crippen molar-refractivity contribution in [3.05, 3.63) is 82.1 Å². The van der Waals surface area contributed by atoms with E-state index < -0.39 is 5.97 Å². The zero-order valence-corrected chi connectivity index (χ0v) is 17.0. The quantitative estimate of drug-likeness (QED) is 0.405. The van der Waals surface area contributed by atoms with Crippen LogP contribution in [0.5, 0.6) is 0 Å². The molecule has 29 heavy (non-hydrogen) atoms. The average Bonchev–Trinajstić information content (AvgIpc) is 3.19. The Morgan fingerprint density at radius 2 is 1.93 bits per heavy atom. The predicted octanol–water partition coefficient (Wildman–Crippen LogP) is 5.25. The summed E-state index contributed by atoms with van der Waals surface area (Å²) >= 11 is 1.17. The summed E-state index contributed by atoms with van der Waals surface area (Å²) in [5.74, 6) is -0.408. The number of carbonyl (C=O) groups excluding carboxylic acids is 1. The minimum absolute atomic E-state index is 0.00367. The van der Waals surface area contributed by atoms with Gasteiger partial charge in [-0.15, -0.1) is 11.8 Å². The van der Waals surface area contributed by atoms with Crippen LogP contribution in [0.2, 0.25) is 0 Å². The highest BCUT2D eigenvalue weighted by Gasteiger charge is 2.11. The minimum Gasteiger partial charge on any atom is -0.477 e. The molecule has 0 radical (unpaired) electrons. The van der Waals surface area contributed by atoms with E-state index in [9.17, 15) is 9.59 Å². The van der Waals surface area contributed by atoms with Crippen molar-refractivity contribution in [2.24, 2.45) is 0 Å². The maximum Gasteiger partial charge on any atom is 0.342 e. The van der Waals surface area contributed by atoms with E-state index in [-0.39, 0.29) is 10.7 Å². The first-order valence-electron chi connectivity index (χ1n) is 9.10. The molecule has 0 bridgehead atoms. The fourth-order valence-electron chi connectivity index (χ4n) is 2.84. The van der Waals surface area contributed by atoms with Gasteiger partial charge in [0.15, 0.2) is 5.78 Å². The molecule has 6 heteroatoms. The Hall–Kier alpha value is -3.12. The van der Waals surface area contributed by atoms with Gasteiger partial charge in [0, 0.05) is 24.0 Å². The van der Waals surface area contributed by atoms with Gasteiger partial charge in [-0.2, -0.15) is 0 Å². The number of benzene rings is 2. The molecule has 0 spiro atoms. The van der Waals surface area contributed by atoms with E-state index >= 15 is 0 Å². The van der Waals surface area contributed by atoms with Crippen molar-refractivity contribution in [1.82, 2.24) is 4.98 Å². The Kier molecular flexibility index (Phi) is 6.67. The third-order valence-electron chi connectivity index (χ3n) is 4.39. The zero-order chi connectivity index (χ0) is 20.8. The van der Waals surface area contributed by atoms with E-state index in [0.29, 0.717) is 24.3 Å². The van der Waals surface area contributed by atoms with Crippen LogP contribution >= 0.6 is 11.8 Å². The lowest BCUT2D eigenvalue weighted by Gasteiger charge is -2.02. The van der Waals surface area contributed by atoms with Crippen LogP contribution in [-0.2, 0) is 11.2 Å². The van der Waals surface area contributed by atoms with Gasteiger partial charge in [-0.1, -0.05) is 42.0 Å². The topological polar surface area (TPSA) is 80.4 Å². The number of carbonyl (C=O) groups is 2. The summed E-state index contributed by atoms with van der Waals surface area (Å²) in [5.41, 5.74) is 4.11. The van der Waals surface area contributed by atoms with Crippen LogP contribution in [0.15, 0.2) is 64.1 Å². The van der Waals surface area contributed by atoms with Gasteiger partial charge in [0.2, 0.25) is 5.89 Å². The first-order chi connectivity index (χ1) is 14.0. The molecule has 1 N–H and O–H groups in total. The fourth-order valence-corrected chi connectivity index (χ4v) is 3.27. The number of oxazole rings is 1. The fraction of sp³-hybridized carbons (Fsp3) is 0.174. The normalized spacial score (nSPS) is 11.4. The van der Waals surface area contributed by atoms with E-state index in [1.807, 2.05) is 31.2 Å². The van der Waals surface area contributed by atoms with Crippen molar-refractivity contribution in [3.63, 3.8) is 0 Å². The van der Waals surface area contributed by atoms with E-state index in [4.69, 9.17) is 9.52 Å². The molecular weight excluding hydrogens is 386 g/mol. The first-order valence-corrected chi connectivity index (χ1v) is 10.3. The van der Waals surface area contributed by atoms with Crippen molar-refractivity contribution >= 4 is 29.6 Å². The molecule has 0 aliphatic carbocycles. The summed E-state index contributed by atoms with van der Waals surface area (Å²) in [6, 6.07) is 14.8. The lowest BCUT2D eigenvalue weighted by atomic mass is 10.0. The molecule has 0 aliphatic heterocycles. The zero-order valence-electron chi connectivity index (χ0n) is 16.2. The highest BCUT2D eigenvalue weighted by molar-refractivity contribution is 8.03. The molecule has 0 aliphatic rings. The number of rotatable bonds is 8. The number of thioether (sulfide) groups is 1. The lowest BCUT2D eigenvalue weighted by Crippen LogP contribution is -2.01. The number of carboxylic acid groups (broad SMARTS) is 1. The molecule has 2 aromatic carbocycles. The second kappa shape index (κ2) is 9.39. The Morgan fingerprint density at radius 3 is 2.59 bits per heavy atom. The number of hydrogen-bond donors (Lipinski definition) is 1. The second-order valence-corrected chi connectivity index (χ2v) is 7.42. The number of aryl methyl sites for hydroxylation is 2.